The summed E-state index contributed by atoms with van der Waals surface area (Å²) in [5, 5.41) is 23.5. The first kappa shape index (κ1) is 29.8. The van der Waals surface area contributed by atoms with Crippen LogP contribution in [0, 0.1) is 18.3 Å². The zero-order chi connectivity index (χ0) is 32.9. The maximum absolute atomic E-state index is 14.5. The Hall–Kier alpha value is -4.33. The minimum Gasteiger partial charge on any atom is -0.504 e. The molecule has 2 N–H and O–H groups in total. The van der Waals surface area contributed by atoms with E-state index in [2.05, 4.69) is 20.2 Å². The highest BCUT2D eigenvalue weighted by molar-refractivity contribution is 5.95. The molecular weight excluding hydrogens is 614 g/mol. The van der Waals surface area contributed by atoms with Crippen molar-refractivity contribution in [2.75, 3.05) is 31.2 Å². The monoisotopic (exact) mass is 655 g/mol. The molecule has 0 aromatic carbocycles. The van der Waals surface area contributed by atoms with Crippen LogP contribution in [0.5, 0.6) is 5.75 Å². The van der Waals surface area contributed by atoms with Gasteiger partial charge in [-0.1, -0.05) is 6.92 Å². The third-order valence-corrected chi connectivity index (χ3v) is 12.0. The number of hydrogen-bond acceptors (Lipinski definition) is 10. The number of ether oxygens (including phenoxy) is 1. The summed E-state index contributed by atoms with van der Waals surface area (Å²) in [6, 6.07) is -0.248. The number of nitrogens with zero attached hydrogens (tertiary/aromatic N) is 8. The van der Waals surface area contributed by atoms with Crippen molar-refractivity contribution < 1.29 is 19.4 Å². The van der Waals surface area contributed by atoms with Crippen LogP contribution in [0.2, 0.25) is 0 Å². The second kappa shape index (κ2) is 10.6. The third kappa shape index (κ3) is 4.36. The smallest absolute Gasteiger partial charge is 0.276 e. The zero-order valence-corrected chi connectivity index (χ0v) is 27.4. The SMILES string of the molecule is CCc1c(N2CCN(C(=O)c3ncnc(C)c3O)[C@H]3CC[C@@H]32)c(=O)c2nn(C3=CCOCC3)nc2n1CC(=O)NC12CC(C3CC3)(C1)C2. The van der Waals surface area contributed by atoms with Crippen LogP contribution in [-0.4, -0.2) is 95.3 Å². The standard InChI is InChI=1S/C34H41N9O5/c1-3-22-28(40-10-11-41(24-7-6-23(24)40)32(47)27-29(45)19(2)35-18-36-27)30(46)26-31(39-43(38-26)21-8-12-48-13-9-21)42(22)14-25(44)37-34-15-33(16-34,17-34)20-4-5-20/h8,18,20,23-24,45H,3-7,9-17H2,1-2H3,(H,37,44)/t23-,24-,33?,34?/m0/s1. The van der Waals surface area contributed by atoms with Gasteiger partial charge in [-0.15, -0.1) is 10.2 Å². The normalized spacial score (nSPS) is 29.0. The minimum atomic E-state index is -0.336. The summed E-state index contributed by atoms with van der Waals surface area (Å²) in [4.78, 5) is 55.4. The molecule has 48 heavy (non-hydrogen) atoms. The van der Waals surface area contributed by atoms with Crippen LogP contribution in [0.3, 0.4) is 0 Å². The van der Waals surface area contributed by atoms with Gasteiger partial charge in [0, 0.05) is 36.8 Å². The third-order valence-electron chi connectivity index (χ3n) is 12.0. The molecule has 14 nitrogen and oxygen atoms in total. The lowest BCUT2D eigenvalue weighted by Crippen LogP contribution is -2.75. The van der Waals surface area contributed by atoms with Crippen LogP contribution in [0.15, 0.2) is 17.2 Å². The molecule has 0 radical (unpaired) electrons. The topological polar surface area (TPSA) is 161 Å². The fourth-order valence-corrected chi connectivity index (χ4v) is 9.41. The largest absolute Gasteiger partial charge is 0.504 e. The molecule has 1 saturated heterocycles. The Morgan fingerprint density at radius 2 is 1.88 bits per heavy atom. The summed E-state index contributed by atoms with van der Waals surface area (Å²) in [5.41, 5.74) is 3.30. The minimum absolute atomic E-state index is 0.00330. The number of piperazine rings is 1. The highest BCUT2D eigenvalue weighted by atomic mass is 16.5. The number of carbonyl (C=O) groups is 2. The molecule has 14 heteroatoms. The lowest BCUT2D eigenvalue weighted by atomic mass is 9.37. The van der Waals surface area contributed by atoms with Crippen molar-refractivity contribution in [3.63, 3.8) is 0 Å². The van der Waals surface area contributed by atoms with E-state index >= 15 is 0 Å². The molecular formula is C34H41N9O5. The van der Waals surface area contributed by atoms with E-state index in [9.17, 15) is 19.5 Å². The molecule has 2 bridgehead atoms. The van der Waals surface area contributed by atoms with Crippen molar-refractivity contribution in [1.82, 2.24) is 39.7 Å². The molecule has 2 amide bonds. The Morgan fingerprint density at radius 1 is 1.08 bits per heavy atom. The lowest BCUT2D eigenvalue weighted by Gasteiger charge is -2.71. The van der Waals surface area contributed by atoms with Crippen molar-refractivity contribution in [3.05, 3.63) is 39.7 Å². The van der Waals surface area contributed by atoms with E-state index in [0.29, 0.717) is 61.6 Å². The van der Waals surface area contributed by atoms with Gasteiger partial charge in [-0.05, 0) is 75.7 Å². The first-order valence-electron chi connectivity index (χ1n) is 17.4. The Kier molecular flexibility index (Phi) is 6.57. The van der Waals surface area contributed by atoms with Crippen molar-refractivity contribution >= 4 is 34.4 Å². The molecule has 7 aliphatic rings. The average Bonchev–Trinajstić information content (AvgIpc) is 3.77. The molecule has 5 saturated carbocycles. The van der Waals surface area contributed by atoms with Crippen molar-refractivity contribution in [2.45, 2.75) is 95.8 Å². The fourth-order valence-electron chi connectivity index (χ4n) is 9.41. The lowest BCUT2D eigenvalue weighted by molar-refractivity contribution is -0.176. The molecule has 6 fully saturated rings. The first-order chi connectivity index (χ1) is 23.2. The summed E-state index contributed by atoms with van der Waals surface area (Å²) in [6.45, 7) is 5.46. The van der Waals surface area contributed by atoms with E-state index in [0.717, 1.165) is 49.4 Å². The summed E-state index contributed by atoms with van der Waals surface area (Å²) in [7, 11) is 0. The van der Waals surface area contributed by atoms with Gasteiger partial charge in [-0.25, -0.2) is 9.97 Å². The van der Waals surface area contributed by atoms with Gasteiger partial charge in [-0.3, -0.25) is 14.4 Å². The number of aryl methyl sites for hydroxylation is 1. The predicted molar refractivity (Wildman–Crippen MR) is 174 cm³/mol. The van der Waals surface area contributed by atoms with Crippen molar-refractivity contribution in [1.29, 1.82) is 0 Å². The molecule has 252 valence electrons. The number of rotatable bonds is 8. The molecule has 2 aliphatic heterocycles. The number of hydrogen-bond donors (Lipinski definition) is 2. The second-order valence-corrected chi connectivity index (χ2v) is 14.8. The molecule has 0 unspecified atom stereocenters. The van der Waals surface area contributed by atoms with Gasteiger partial charge in [0.25, 0.3) is 5.91 Å². The quantitative estimate of drug-likeness (QED) is 0.368. The van der Waals surface area contributed by atoms with Crippen LogP contribution in [0.25, 0.3) is 16.9 Å². The molecule has 3 aromatic rings. The van der Waals surface area contributed by atoms with E-state index in [1.54, 1.807) is 11.8 Å². The Balaban J connectivity index is 1.07. The highest BCUT2D eigenvalue weighted by Gasteiger charge is 2.72. The molecule has 2 atom stereocenters. The van der Waals surface area contributed by atoms with Gasteiger partial charge < -0.3 is 29.5 Å². The first-order valence-corrected chi connectivity index (χ1v) is 17.4. The fraction of sp³-hybridized carbons (Fsp3) is 0.618. The van der Waals surface area contributed by atoms with Gasteiger partial charge in [-0.2, -0.15) is 4.80 Å². The Bertz CT molecular complexity index is 1940. The van der Waals surface area contributed by atoms with Crippen LogP contribution in [0.4, 0.5) is 5.69 Å². The summed E-state index contributed by atoms with van der Waals surface area (Å²) in [6.07, 6.45) is 11.8. The number of amides is 2. The van der Waals surface area contributed by atoms with Gasteiger partial charge in [0.2, 0.25) is 11.3 Å². The predicted octanol–water partition coefficient (Wildman–Crippen LogP) is 2.16. The maximum atomic E-state index is 14.5. The van der Waals surface area contributed by atoms with Crippen LogP contribution >= 0.6 is 0 Å². The molecule has 5 heterocycles. The van der Waals surface area contributed by atoms with E-state index in [1.165, 1.54) is 24.0 Å². The second-order valence-electron chi connectivity index (χ2n) is 14.8. The Morgan fingerprint density at radius 3 is 2.56 bits per heavy atom. The van der Waals surface area contributed by atoms with E-state index in [-0.39, 0.29) is 58.4 Å². The number of aromatic nitrogens is 6. The van der Waals surface area contributed by atoms with Crippen molar-refractivity contribution in [2.24, 2.45) is 11.3 Å². The van der Waals surface area contributed by atoms with Gasteiger partial charge >= 0.3 is 0 Å². The average molecular weight is 656 g/mol. The number of pyridine rings is 1. The molecule has 0 spiro atoms. The number of aromatic hydroxyl groups is 1. The number of carbonyl (C=O) groups excluding carboxylic acids is 2. The van der Waals surface area contributed by atoms with E-state index in [1.807, 2.05) is 17.6 Å². The zero-order valence-electron chi connectivity index (χ0n) is 27.4. The van der Waals surface area contributed by atoms with E-state index < -0.39 is 0 Å². The van der Waals surface area contributed by atoms with Crippen LogP contribution in [-0.2, 0) is 22.5 Å². The van der Waals surface area contributed by atoms with Crippen molar-refractivity contribution in [3.8, 4) is 5.75 Å². The summed E-state index contributed by atoms with van der Waals surface area (Å²) >= 11 is 0. The Labute approximate surface area is 277 Å². The number of nitrogens with one attached hydrogen (secondary N) is 1. The van der Waals surface area contributed by atoms with Gasteiger partial charge in [0.15, 0.2) is 22.6 Å². The molecule has 5 aliphatic carbocycles. The molecule has 3 aromatic heterocycles. The summed E-state index contributed by atoms with van der Waals surface area (Å²) < 4.78 is 7.40. The van der Waals surface area contributed by atoms with Gasteiger partial charge in [0.1, 0.15) is 18.6 Å². The van der Waals surface area contributed by atoms with Crippen LogP contribution < -0.4 is 15.6 Å². The molecule has 10 rings (SSSR count). The highest BCUT2D eigenvalue weighted by Crippen LogP contribution is 2.75. The maximum Gasteiger partial charge on any atom is 0.276 e. The number of fused-ring (bicyclic) bond motifs is 2. The summed E-state index contributed by atoms with van der Waals surface area (Å²) in [5.74, 6) is 0.240. The van der Waals surface area contributed by atoms with Gasteiger partial charge in [0.05, 0.1) is 30.6 Å². The van der Waals surface area contributed by atoms with Crippen LogP contribution in [0.1, 0.15) is 80.2 Å². The van der Waals surface area contributed by atoms with E-state index in [4.69, 9.17) is 14.9 Å². The number of anilines is 1.